The van der Waals surface area contributed by atoms with Crippen LogP contribution in [-0.2, 0) is 5.41 Å². The third-order valence-corrected chi connectivity index (χ3v) is 11.9. The number of benzene rings is 3. The molecule has 2 atom stereocenters. The van der Waals surface area contributed by atoms with Gasteiger partial charge in [-0.2, -0.15) is 0 Å². The van der Waals surface area contributed by atoms with E-state index in [1.54, 1.807) is 0 Å². The van der Waals surface area contributed by atoms with Crippen molar-refractivity contribution in [3.8, 4) is 0 Å². The molecule has 0 amide bonds. The summed E-state index contributed by atoms with van der Waals surface area (Å²) in [4.78, 5) is 3.66. The Balaban J connectivity index is 1.28. The quantitative estimate of drug-likeness (QED) is 0.192. The molecular weight excluding hydrogens is 587 g/mol. The first-order valence-corrected chi connectivity index (χ1v) is 17.8. The molecular formula is C45H41NS. The first-order chi connectivity index (χ1) is 23.0. The maximum atomic E-state index is 4.93. The number of nitrogens with zero attached hydrogens (tertiary/aromatic N) is 1. The zero-order chi connectivity index (χ0) is 32.1. The minimum Gasteiger partial charge on any atom is -0.317 e. The highest BCUT2D eigenvalue weighted by Gasteiger charge is 2.49. The molecule has 8 rings (SSSR count). The highest BCUT2D eigenvalue weighted by Crippen LogP contribution is 2.59. The van der Waals surface area contributed by atoms with Crippen molar-refractivity contribution in [1.82, 2.24) is 0 Å². The molecule has 0 bridgehead atoms. The number of hydrogen-bond donors (Lipinski definition) is 0. The van der Waals surface area contributed by atoms with Gasteiger partial charge in [-0.15, -0.1) is 11.3 Å². The van der Waals surface area contributed by atoms with Crippen molar-refractivity contribution in [3.63, 3.8) is 0 Å². The van der Waals surface area contributed by atoms with Crippen molar-refractivity contribution in [2.75, 3.05) is 4.90 Å². The number of allylic oxidation sites excluding steroid dienone is 11. The van der Waals surface area contributed by atoms with Gasteiger partial charge in [0.05, 0.1) is 0 Å². The van der Waals surface area contributed by atoms with Crippen molar-refractivity contribution >= 4 is 44.3 Å². The Morgan fingerprint density at radius 1 is 0.979 bits per heavy atom. The van der Waals surface area contributed by atoms with E-state index in [1.807, 2.05) is 17.4 Å². The normalized spacial score (nSPS) is 21.8. The van der Waals surface area contributed by atoms with Crippen molar-refractivity contribution in [2.45, 2.75) is 50.9 Å². The number of anilines is 1. The summed E-state index contributed by atoms with van der Waals surface area (Å²) in [6.07, 6.45) is 24.9. The van der Waals surface area contributed by atoms with Gasteiger partial charge in [0.25, 0.3) is 0 Å². The monoisotopic (exact) mass is 627 g/mol. The minimum atomic E-state index is 0.0294. The zero-order valence-electron chi connectivity index (χ0n) is 27.4. The summed E-state index contributed by atoms with van der Waals surface area (Å²) in [5, 5.41) is 1.29. The van der Waals surface area contributed by atoms with Crippen LogP contribution < -0.4 is 4.90 Å². The largest absolute Gasteiger partial charge is 0.317 e. The fourth-order valence-corrected chi connectivity index (χ4v) is 9.45. The van der Waals surface area contributed by atoms with E-state index < -0.39 is 0 Å². The molecule has 0 fully saturated rings. The van der Waals surface area contributed by atoms with Gasteiger partial charge in [0.1, 0.15) is 0 Å². The van der Waals surface area contributed by atoms with Crippen LogP contribution in [0.5, 0.6) is 0 Å². The van der Waals surface area contributed by atoms with Gasteiger partial charge in [-0.25, -0.2) is 0 Å². The predicted molar refractivity (Wildman–Crippen MR) is 205 cm³/mol. The Morgan fingerprint density at radius 3 is 2.62 bits per heavy atom. The van der Waals surface area contributed by atoms with Crippen molar-refractivity contribution in [3.05, 3.63) is 179 Å². The molecule has 4 aliphatic rings. The summed E-state index contributed by atoms with van der Waals surface area (Å²) in [5.41, 5.74) is 13.1. The van der Waals surface area contributed by atoms with Gasteiger partial charge in [0, 0.05) is 44.0 Å². The molecule has 47 heavy (non-hydrogen) atoms. The number of thiophene rings is 1. The van der Waals surface area contributed by atoms with E-state index in [2.05, 4.69) is 147 Å². The molecule has 3 aliphatic carbocycles. The standard InChI is InChI=1S/C45H41NS/c1-5-14-32(22-21-31-15-8-6-9-16-31)33-23-26-41-37(29-33)35-27-28-46(34-17-10-7-11-18-34)40-25-24-39-43(42(40)30(2)44(35)47-41)36-19-12-13-20-38(36)45(39,3)4/h5,7-8,10-20,23-29,39,43H,1-2,6,9,21-22H2,3-4H3/b28-27-,32-14+. The van der Waals surface area contributed by atoms with Gasteiger partial charge < -0.3 is 4.90 Å². The van der Waals surface area contributed by atoms with Gasteiger partial charge >= 0.3 is 0 Å². The fraction of sp³-hybridized carbons (Fsp3) is 0.200. The molecule has 1 aromatic heterocycles. The van der Waals surface area contributed by atoms with Gasteiger partial charge in [-0.05, 0) is 107 Å². The Labute approximate surface area is 283 Å². The Morgan fingerprint density at radius 2 is 1.81 bits per heavy atom. The molecule has 4 aromatic rings. The Hall–Kier alpha value is -4.66. The number of hydrogen-bond acceptors (Lipinski definition) is 2. The average molecular weight is 628 g/mol. The average Bonchev–Trinajstić information content (AvgIpc) is 3.58. The Bertz CT molecular complexity index is 2110. The van der Waals surface area contributed by atoms with Crippen LogP contribution in [0.15, 0.2) is 152 Å². The molecule has 0 spiro atoms. The second-order valence-electron chi connectivity index (χ2n) is 13.7. The lowest BCUT2D eigenvalue weighted by Gasteiger charge is -2.38. The van der Waals surface area contributed by atoms with Gasteiger partial charge in [-0.1, -0.05) is 118 Å². The maximum Gasteiger partial charge on any atom is 0.0497 e. The van der Waals surface area contributed by atoms with E-state index in [0.717, 1.165) is 36.9 Å². The molecule has 0 saturated carbocycles. The summed E-state index contributed by atoms with van der Waals surface area (Å²) in [6.45, 7) is 13.8. The third kappa shape index (κ3) is 4.98. The van der Waals surface area contributed by atoms with Crippen LogP contribution in [0, 0.1) is 5.92 Å². The van der Waals surface area contributed by atoms with E-state index in [1.165, 1.54) is 59.6 Å². The van der Waals surface area contributed by atoms with Crippen LogP contribution in [0.25, 0.3) is 27.3 Å². The summed E-state index contributed by atoms with van der Waals surface area (Å²) in [6, 6.07) is 26.9. The fourth-order valence-electron chi connectivity index (χ4n) is 8.30. The molecule has 2 heteroatoms. The van der Waals surface area contributed by atoms with Crippen LogP contribution in [0.1, 0.15) is 72.6 Å². The lowest BCUT2D eigenvalue weighted by molar-refractivity contribution is 0.388. The van der Waals surface area contributed by atoms with E-state index in [9.17, 15) is 0 Å². The van der Waals surface area contributed by atoms with Crippen LogP contribution in [0.4, 0.5) is 5.69 Å². The predicted octanol–water partition coefficient (Wildman–Crippen LogP) is 12.5. The summed E-state index contributed by atoms with van der Waals surface area (Å²) >= 11 is 1.88. The van der Waals surface area contributed by atoms with Crippen LogP contribution in [0.3, 0.4) is 0 Å². The molecule has 1 aliphatic heterocycles. The first-order valence-electron chi connectivity index (χ1n) is 16.9. The van der Waals surface area contributed by atoms with Crippen LogP contribution >= 0.6 is 11.3 Å². The van der Waals surface area contributed by atoms with Crippen LogP contribution in [0.2, 0.25) is 0 Å². The molecule has 232 valence electrons. The summed E-state index contributed by atoms with van der Waals surface area (Å²) < 4.78 is 1.30. The van der Waals surface area contributed by atoms with E-state index in [0.29, 0.717) is 5.92 Å². The second kappa shape index (κ2) is 11.9. The third-order valence-electron chi connectivity index (χ3n) is 10.7. The number of rotatable bonds is 6. The maximum absolute atomic E-state index is 4.93. The highest BCUT2D eigenvalue weighted by molar-refractivity contribution is 7.20. The topological polar surface area (TPSA) is 3.24 Å². The van der Waals surface area contributed by atoms with Gasteiger partial charge in [0.2, 0.25) is 0 Å². The van der Waals surface area contributed by atoms with Gasteiger partial charge in [0.15, 0.2) is 0 Å². The summed E-state index contributed by atoms with van der Waals surface area (Å²) in [5.74, 6) is 0.604. The minimum absolute atomic E-state index is 0.0294. The van der Waals surface area contributed by atoms with Crippen molar-refractivity contribution < 1.29 is 0 Å². The van der Waals surface area contributed by atoms with E-state index in [-0.39, 0.29) is 11.3 Å². The first kappa shape index (κ1) is 29.7. The molecule has 0 saturated heterocycles. The van der Waals surface area contributed by atoms with Crippen molar-refractivity contribution in [2.24, 2.45) is 5.92 Å². The van der Waals surface area contributed by atoms with E-state index in [4.69, 9.17) is 6.58 Å². The highest BCUT2D eigenvalue weighted by atomic mass is 32.1. The smallest absolute Gasteiger partial charge is 0.0497 e. The SMILES string of the molecule is C=C/C=C(\CCC1=CCCC=C1)c1ccc2sc3c(c2c1)/C=C\N(c1ccccc1)C1=C(C3=C)C2c3ccccc3C(C)(C)C2C=C1. The number of para-hydroxylation sites is 1. The molecule has 0 N–H and O–H groups in total. The lowest BCUT2D eigenvalue weighted by Crippen LogP contribution is -2.30. The van der Waals surface area contributed by atoms with Crippen LogP contribution in [-0.4, -0.2) is 0 Å². The van der Waals surface area contributed by atoms with E-state index >= 15 is 0 Å². The molecule has 3 aromatic carbocycles. The van der Waals surface area contributed by atoms with Gasteiger partial charge in [-0.3, -0.25) is 0 Å². The Kier molecular flexibility index (Phi) is 7.50. The zero-order valence-corrected chi connectivity index (χ0v) is 28.2. The molecule has 1 nitrogen and oxygen atoms in total. The number of fused-ring (bicyclic) bond motifs is 7. The molecule has 0 radical (unpaired) electrons. The summed E-state index contributed by atoms with van der Waals surface area (Å²) in [7, 11) is 0. The molecule has 2 unspecified atom stereocenters. The lowest BCUT2D eigenvalue weighted by atomic mass is 9.70. The van der Waals surface area contributed by atoms with Crippen molar-refractivity contribution in [1.29, 1.82) is 0 Å². The molecule has 2 heterocycles. The second-order valence-corrected chi connectivity index (χ2v) is 14.8.